The molecular formula is C15H11BrN2. The Morgan fingerprint density at radius 2 is 1.44 bits per heavy atom. The van der Waals surface area contributed by atoms with Gasteiger partial charge in [0.25, 0.3) is 0 Å². The molecule has 0 aliphatic carbocycles. The number of aryl methyl sites for hydroxylation is 1. The van der Waals surface area contributed by atoms with Gasteiger partial charge in [0.05, 0.1) is 22.4 Å². The molecule has 0 unspecified atom stereocenters. The fourth-order valence-electron chi connectivity index (χ4n) is 2.00. The first-order valence-electron chi connectivity index (χ1n) is 5.74. The van der Waals surface area contributed by atoms with Gasteiger partial charge in [-0.25, -0.2) is 9.97 Å². The van der Waals surface area contributed by atoms with Crippen LogP contribution < -0.4 is 0 Å². The first kappa shape index (κ1) is 11.4. The van der Waals surface area contributed by atoms with Crippen molar-refractivity contribution >= 4 is 27.0 Å². The second kappa shape index (κ2) is 4.50. The number of halogens is 1. The molecular weight excluding hydrogens is 288 g/mol. The van der Waals surface area contributed by atoms with E-state index in [1.807, 2.05) is 49.4 Å². The standard InChI is InChI=1S/C15H11BrN2/c1-10-15(11-6-2-3-7-12(11)16)18-14-9-5-4-8-13(14)17-10/h2-9H,1H3. The number of aromatic nitrogens is 2. The Bertz CT molecular complexity index is 723. The van der Waals surface area contributed by atoms with Crippen molar-refractivity contribution in [3.8, 4) is 11.3 Å². The summed E-state index contributed by atoms with van der Waals surface area (Å²) in [6.07, 6.45) is 0. The molecule has 0 fully saturated rings. The predicted octanol–water partition coefficient (Wildman–Crippen LogP) is 4.37. The summed E-state index contributed by atoms with van der Waals surface area (Å²) in [7, 11) is 0. The summed E-state index contributed by atoms with van der Waals surface area (Å²) in [5.74, 6) is 0. The highest BCUT2D eigenvalue weighted by atomic mass is 79.9. The van der Waals surface area contributed by atoms with Crippen LogP contribution in [0, 0.1) is 6.92 Å². The molecule has 0 radical (unpaired) electrons. The summed E-state index contributed by atoms with van der Waals surface area (Å²) in [6, 6.07) is 16.0. The lowest BCUT2D eigenvalue weighted by Gasteiger charge is -2.08. The Morgan fingerprint density at radius 1 is 0.833 bits per heavy atom. The van der Waals surface area contributed by atoms with Gasteiger partial charge in [-0.1, -0.05) is 46.3 Å². The van der Waals surface area contributed by atoms with E-state index in [0.29, 0.717) is 0 Å². The molecule has 0 saturated heterocycles. The molecule has 0 aliphatic heterocycles. The van der Waals surface area contributed by atoms with E-state index in [9.17, 15) is 0 Å². The van der Waals surface area contributed by atoms with Gasteiger partial charge < -0.3 is 0 Å². The summed E-state index contributed by atoms with van der Waals surface area (Å²) < 4.78 is 1.04. The van der Waals surface area contributed by atoms with Crippen LogP contribution in [-0.2, 0) is 0 Å². The summed E-state index contributed by atoms with van der Waals surface area (Å²) in [5, 5.41) is 0. The molecule has 0 N–H and O–H groups in total. The van der Waals surface area contributed by atoms with E-state index in [0.717, 1.165) is 32.5 Å². The maximum atomic E-state index is 4.71. The molecule has 3 heteroatoms. The van der Waals surface area contributed by atoms with E-state index < -0.39 is 0 Å². The van der Waals surface area contributed by atoms with E-state index >= 15 is 0 Å². The molecule has 2 aromatic carbocycles. The third-order valence-corrected chi connectivity index (χ3v) is 3.57. The van der Waals surface area contributed by atoms with Crippen LogP contribution >= 0.6 is 15.9 Å². The number of hydrogen-bond acceptors (Lipinski definition) is 2. The van der Waals surface area contributed by atoms with E-state index in [2.05, 4.69) is 27.0 Å². The van der Waals surface area contributed by atoms with Gasteiger partial charge in [0.15, 0.2) is 0 Å². The maximum Gasteiger partial charge on any atom is 0.0933 e. The molecule has 0 amide bonds. The summed E-state index contributed by atoms with van der Waals surface area (Å²) >= 11 is 3.56. The van der Waals surface area contributed by atoms with Gasteiger partial charge in [0.1, 0.15) is 0 Å². The fraction of sp³-hybridized carbons (Fsp3) is 0.0667. The van der Waals surface area contributed by atoms with Crippen molar-refractivity contribution < 1.29 is 0 Å². The molecule has 0 bridgehead atoms. The van der Waals surface area contributed by atoms with Gasteiger partial charge in [-0.15, -0.1) is 0 Å². The Kier molecular flexibility index (Phi) is 2.84. The molecule has 0 aliphatic rings. The fourth-order valence-corrected chi connectivity index (χ4v) is 2.47. The van der Waals surface area contributed by atoms with Crippen LogP contribution in [0.2, 0.25) is 0 Å². The highest BCUT2D eigenvalue weighted by Gasteiger charge is 2.09. The Labute approximate surface area is 114 Å². The zero-order chi connectivity index (χ0) is 12.5. The second-order valence-electron chi connectivity index (χ2n) is 4.13. The van der Waals surface area contributed by atoms with Crippen molar-refractivity contribution in [2.24, 2.45) is 0 Å². The summed E-state index contributed by atoms with van der Waals surface area (Å²) in [5.41, 5.74) is 4.81. The van der Waals surface area contributed by atoms with Crippen LogP contribution in [0.15, 0.2) is 53.0 Å². The van der Waals surface area contributed by atoms with Crippen molar-refractivity contribution in [3.05, 3.63) is 58.7 Å². The largest absolute Gasteiger partial charge is 0.249 e. The highest BCUT2D eigenvalue weighted by molar-refractivity contribution is 9.10. The Balaban J connectivity index is 2.30. The maximum absolute atomic E-state index is 4.71. The van der Waals surface area contributed by atoms with Crippen LogP contribution in [0.4, 0.5) is 0 Å². The molecule has 1 heterocycles. The number of fused-ring (bicyclic) bond motifs is 1. The minimum Gasteiger partial charge on any atom is -0.249 e. The van der Waals surface area contributed by atoms with Gasteiger partial charge >= 0.3 is 0 Å². The Hall–Kier alpha value is -1.74. The van der Waals surface area contributed by atoms with Gasteiger partial charge in [-0.05, 0) is 25.1 Å². The lowest BCUT2D eigenvalue weighted by Crippen LogP contribution is -1.94. The average molecular weight is 299 g/mol. The summed E-state index contributed by atoms with van der Waals surface area (Å²) in [4.78, 5) is 9.32. The SMILES string of the molecule is Cc1nc2ccccc2nc1-c1ccccc1Br. The molecule has 18 heavy (non-hydrogen) atoms. The van der Waals surface area contributed by atoms with Crippen molar-refractivity contribution in [2.45, 2.75) is 6.92 Å². The minimum absolute atomic E-state index is 0.925. The monoisotopic (exact) mass is 298 g/mol. The lowest BCUT2D eigenvalue weighted by atomic mass is 10.1. The third-order valence-electron chi connectivity index (χ3n) is 2.87. The molecule has 0 atom stereocenters. The molecule has 3 aromatic rings. The normalized spacial score (nSPS) is 10.8. The van der Waals surface area contributed by atoms with Gasteiger partial charge in [0.2, 0.25) is 0 Å². The van der Waals surface area contributed by atoms with E-state index in [-0.39, 0.29) is 0 Å². The number of benzene rings is 2. The highest BCUT2D eigenvalue weighted by Crippen LogP contribution is 2.29. The number of nitrogens with zero attached hydrogens (tertiary/aromatic N) is 2. The average Bonchev–Trinajstić information content (AvgIpc) is 2.39. The lowest BCUT2D eigenvalue weighted by molar-refractivity contribution is 1.19. The predicted molar refractivity (Wildman–Crippen MR) is 77.4 cm³/mol. The van der Waals surface area contributed by atoms with Crippen LogP contribution in [0.25, 0.3) is 22.3 Å². The van der Waals surface area contributed by atoms with E-state index in [1.165, 1.54) is 0 Å². The zero-order valence-electron chi connectivity index (χ0n) is 9.89. The van der Waals surface area contributed by atoms with Gasteiger partial charge in [-0.2, -0.15) is 0 Å². The van der Waals surface area contributed by atoms with Gasteiger partial charge in [0, 0.05) is 10.0 Å². The zero-order valence-corrected chi connectivity index (χ0v) is 11.5. The first-order valence-corrected chi connectivity index (χ1v) is 6.53. The molecule has 0 saturated carbocycles. The van der Waals surface area contributed by atoms with Crippen molar-refractivity contribution in [2.75, 3.05) is 0 Å². The first-order chi connectivity index (χ1) is 8.75. The Morgan fingerprint density at radius 3 is 2.17 bits per heavy atom. The number of rotatable bonds is 1. The summed E-state index contributed by atoms with van der Waals surface area (Å²) in [6.45, 7) is 1.99. The smallest absolute Gasteiger partial charge is 0.0933 e. The van der Waals surface area contributed by atoms with Crippen molar-refractivity contribution in [1.82, 2.24) is 9.97 Å². The number of para-hydroxylation sites is 2. The van der Waals surface area contributed by atoms with Crippen molar-refractivity contribution in [3.63, 3.8) is 0 Å². The molecule has 1 aromatic heterocycles. The number of hydrogen-bond donors (Lipinski definition) is 0. The van der Waals surface area contributed by atoms with Crippen LogP contribution in [0.1, 0.15) is 5.69 Å². The quantitative estimate of drug-likeness (QED) is 0.667. The molecule has 0 spiro atoms. The van der Waals surface area contributed by atoms with Crippen LogP contribution in [0.3, 0.4) is 0 Å². The van der Waals surface area contributed by atoms with Crippen LogP contribution in [0.5, 0.6) is 0 Å². The third kappa shape index (κ3) is 1.91. The second-order valence-corrected chi connectivity index (χ2v) is 4.98. The van der Waals surface area contributed by atoms with Gasteiger partial charge in [-0.3, -0.25) is 0 Å². The van der Waals surface area contributed by atoms with E-state index in [4.69, 9.17) is 4.98 Å². The molecule has 88 valence electrons. The minimum atomic E-state index is 0.925. The molecule has 3 rings (SSSR count). The van der Waals surface area contributed by atoms with Crippen molar-refractivity contribution in [1.29, 1.82) is 0 Å². The van der Waals surface area contributed by atoms with E-state index in [1.54, 1.807) is 0 Å². The van der Waals surface area contributed by atoms with Crippen LogP contribution in [-0.4, -0.2) is 9.97 Å². The topological polar surface area (TPSA) is 25.8 Å². The molecule has 2 nitrogen and oxygen atoms in total.